The summed E-state index contributed by atoms with van der Waals surface area (Å²) in [6, 6.07) is 4.48. The summed E-state index contributed by atoms with van der Waals surface area (Å²) >= 11 is 5.93. The molecule has 0 radical (unpaired) electrons. The number of aromatic hydroxyl groups is 1. The number of carbonyl (C=O) groups is 2. The molecule has 1 aromatic carbocycles. The molecule has 4 atom stereocenters. The van der Waals surface area contributed by atoms with Crippen molar-refractivity contribution in [2.75, 3.05) is 6.54 Å². The first-order chi connectivity index (χ1) is 16.7. The van der Waals surface area contributed by atoms with Crippen molar-refractivity contribution in [3.8, 4) is 5.75 Å². The van der Waals surface area contributed by atoms with Crippen molar-refractivity contribution in [2.45, 2.75) is 56.6 Å². The van der Waals surface area contributed by atoms with Crippen LogP contribution in [0.15, 0.2) is 23.0 Å². The molecular weight excluding hydrogens is 481 g/mol. The van der Waals surface area contributed by atoms with Crippen LogP contribution in [0.5, 0.6) is 5.75 Å². The highest BCUT2D eigenvalue weighted by Gasteiger charge is 2.56. The van der Waals surface area contributed by atoms with Gasteiger partial charge in [0.15, 0.2) is 5.75 Å². The number of pyridine rings is 1. The lowest BCUT2D eigenvalue weighted by atomic mass is 9.92. The Morgan fingerprint density at radius 2 is 2.14 bits per heavy atom. The number of ether oxygens (including phenoxy) is 1. The number of aliphatic carboxylic acids is 1. The molecule has 9 nitrogen and oxygen atoms in total. The fraction of sp³-hybridized carbons (Fsp3) is 0.458. The van der Waals surface area contributed by atoms with E-state index in [4.69, 9.17) is 16.3 Å². The number of rotatable bonds is 4. The lowest BCUT2D eigenvalue weighted by molar-refractivity contribution is -0.139. The molecule has 1 saturated heterocycles. The molecular formula is C24H23ClFN3O6. The summed E-state index contributed by atoms with van der Waals surface area (Å²) in [6.07, 6.45) is 0.828. The van der Waals surface area contributed by atoms with E-state index >= 15 is 0 Å². The van der Waals surface area contributed by atoms with Gasteiger partial charge >= 0.3 is 5.97 Å². The van der Waals surface area contributed by atoms with Gasteiger partial charge in [-0.2, -0.15) is 0 Å². The highest BCUT2D eigenvalue weighted by atomic mass is 35.5. The summed E-state index contributed by atoms with van der Waals surface area (Å²) < 4.78 is 20.7. The normalized spacial score (nSPS) is 28.9. The first-order valence-electron chi connectivity index (χ1n) is 11.6. The lowest BCUT2D eigenvalue weighted by Crippen LogP contribution is -2.50. The predicted molar refractivity (Wildman–Crippen MR) is 121 cm³/mol. The van der Waals surface area contributed by atoms with Gasteiger partial charge in [-0.1, -0.05) is 17.7 Å². The van der Waals surface area contributed by atoms with Gasteiger partial charge < -0.3 is 20.3 Å². The van der Waals surface area contributed by atoms with Crippen molar-refractivity contribution < 1.29 is 28.9 Å². The van der Waals surface area contributed by atoms with Crippen LogP contribution in [0.3, 0.4) is 0 Å². The average molecular weight is 504 g/mol. The molecule has 1 aromatic heterocycles. The van der Waals surface area contributed by atoms with E-state index in [9.17, 15) is 29.0 Å². The number of halogens is 2. The zero-order valence-electron chi connectivity index (χ0n) is 18.6. The molecule has 0 bridgehead atoms. The number of aromatic nitrogens is 1. The van der Waals surface area contributed by atoms with Gasteiger partial charge in [0.1, 0.15) is 29.5 Å². The third-order valence-electron chi connectivity index (χ3n) is 7.78. The Morgan fingerprint density at radius 1 is 1.34 bits per heavy atom. The quantitative estimate of drug-likeness (QED) is 0.547. The van der Waals surface area contributed by atoms with E-state index in [1.165, 1.54) is 10.6 Å². The first kappa shape index (κ1) is 22.5. The Balaban J connectivity index is 1.40. The summed E-state index contributed by atoms with van der Waals surface area (Å²) in [5.41, 5.74) is -0.0299. The summed E-state index contributed by atoms with van der Waals surface area (Å²) in [5, 5.41) is 23.4. The van der Waals surface area contributed by atoms with Gasteiger partial charge in [-0.15, -0.1) is 0 Å². The molecule has 1 aliphatic carbocycles. The van der Waals surface area contributed by atoms with Gasteiger partial charge in [0.25, 0.3) is 11.5 Å². The van der Waals surface area contributed by atoms with Crippen LogP contribution in [-0.4, -0.2) is 44.3 Å². The van der Waals surface area contributed by atoms with Crippen LogP contribution in [0.25, 0.3) is 0 Å². The van der Waals surface area contributed by atoms with E-state index in [2.05, 4.69) is 5.32 Å². The van der Waals surface area contributed by atoms with Crippen LogP contribution in [0.2, 0.25) is 5.02 Å². The van der Waals surface area contributed by atoms with Crippen LogP contribution in [0.4, 0.5) is 4.39 Å². The molecule has 35 heavy (non-hydrogen) atoms. The summed E-state index contributed by atoms with van der Waals surface area (Å²) in [6.45, 7) is 0.874. The van der Waals surface area contributed by atoms with Crippen LogP contribution < -0.4 is 10.9 Å². The number of benzene rings is 1. The molecule has 1 amide bonds. The molecule has 184 valence electrons. The number of hydrogen-bond donors (Lipinski definition) is 3. The van der Waals surface area contributed by atoms with Crippen LogP contribution in [-0.2, 0) is 28.2 Å². The van der Waals surface area contributed by atoms with Crippen molar-refractivity contribution in [2.24, 2.45) is 5.92 Å². The van der Waals surface area contributed by atoms with Crippen molar-refractivity contribution in [1.29, 1.82) is 0 Å². The Kier molecular flexibility index (Phi) is 5.00. The molecule has 1 saturated carbocycles. The molecule has 11 heteroatoms. The number of epoxide rings is 1. The molecule has 2 fully saturated rings. The van der Waals surface area contributed by atoms with Gasteiger partial charge in [0, 0.05) is 24.6 Å². The van der Waals surface area contributed by atoms with Gasteiger partial charge in [-0.05, 0) is 48.9 Å². The van der Waals surface area contributed by atoms with Gasteiger partial charge in [0.2, 0.25) is 0 Å². The summed E-state index contributed by atoms with van der Waals surface area (Å²) in [7, 11) is 0. The molecule has 4 unspecified atom stereocenters. The molecule has 2 aromatic rings. The summed E-state index contributed by atoms with van der Waals surface area (Å²) in [5.74, 6) is -2.87. The second-order valence-electron chi connectivity index (χ2n) is 9.71. The first-order valence-corrected chi connectivity index (χ1v) is 12.0. The number of carboxylic acids is 1. The van der Waals surface area contributed by atoms with Crippen LogP contribution in [0, 0.1) is 11.7 Å². The van der Waals surface area contributed by atoms with Crippen molar-refractivity contribution in [3.63, 3.8) is 0 Å². The third kappa shape index (κ3) is 3.30. The highest BCUT2D eigenvalue weighted by molar-refractivity contribution is 6.30. The van der Waals surface area contributed by atoms with Gasteiger partial charge in [-0.25, -0.2) is 4.39 Å². The SMILES string of the molecule is O=C(O)CC1CCCC12NC(=O)c1c3c(c(O)c(=O)n12)C1OC1N(Cc1ccc(F)c(Cl)c1)CC3. The molecule has 3 aliphatic heterocycles. The van der Waals surface area contributed by atoms with Gasteiger partial charge in [-0.3, -0.25) is 23.9 Å². The molecule has 6 rings (SSSR count). The number of nitrogens with zero attached hydrogens (tertiary/aromatic N) is 2. The minimum atomic E-state index is -1.16. The Bertz CT molecular complexity index is 1350. The van der Waals surface area contributed by atoms with E-state index < -0.39 is 52.9 Å². The van der Waals surface area contributed by atoms with E-state index in [1.54, 1.807) is 12.1 Å². The fourth-order valence-corrected chi connectivity index (χ4v) is 6.44. The van der Waals surface area contributed by atoms with Crippen molar-refractivity contribution in [1.82, 2.24) is 14.8 Å². The Hall–Kier alpha value is -2.95. The second-order valence-corrected chi connectivity index (χ2v) is 10.1. The average Bonchev–Trinajstić information content (AvgIpc) is 3.43. The van der Waals surface area contributed by atoms with Gasteiger partial charge in [0.05, 0.1) is 11.4 Å². The Labute approximate surface area is 204 Å². The minimum Gasteiger partial charge on any atom is -0.503 e. The van der Waals surface area contributed by atoms with E-state index in [-0.39, 0.29) is 17.1 Å². The maximum absolute atomic E-state index is 13.6. The minimum absolute atomic E-state index is 0.0196. The number of carbonyl (C=O) groups excluding carboxylic acids is 1. The zero-order valence-corrected chi connectivity index (χ0v) is 19.3. The number of amides is 1. The number of carboxylic acid groups (broad SMARTS) is 1. The smallest absolute Gasteiger partial charge is 0.303 e. The zero-order chi connectivity index (χ0) is 24.6. The fourth-order valence-electron chi connectivity index (χ4n) is 6.24. The summed E-state index contributed by atoms with van der Waals surface area (Å²) in [4.78, 5) is 40.2. The van der Waals surface area contributed by atoms with E-state index in [0.717, 1.165) is 5.56 Å². The standard InChI is InChI=1S/C24H23ClFN3O6/c25-14-8-11(3-4-15(14)26)10-28-7-5-13-17(20-23(28)35-20)19(32)22(34)29-18(13)21(33)27-24(29)6-1-2-12(24)9-16(30)31/h3-4,8,12,20,23,32H,1-2,5-7,9-10H2,(H,27,33)(H,30,31). The number of hydrogen-bond acceptors (Lipinski definition) is 6. The van der Waals surface area contributed by atoms with Crippen LogP contribution >= 0.6 is 11.6 Å². The molecule has 4 heterocycles. The molecule has 3 N–H and O–H groups in total. The predicted octanol–water partition coefficient (Wildman–Crippen LogP) is 2.47. The maximum atomic E-state index is 13.6. The van der Waals surface area contributed by atoms with E-state index in [0.29, 0.717) is 49.9 Å². The topological polar surface area (TPSA) is 124 Å². The van der Waals surface area contributed by atoms with Crippen LogP contribution in [0.1, 0.15) is 59.0 Å². The molecule has 1 spiro atoms. The highest BCUT2D eigenvalue weighted by Crippen LogP contribution is 2.51. The third-order valence-corrected chi connectivity index (χ3v) is 8.07. The number of fused-ring (bicyclic) bond motifs is 6. The number of nitrogens with one attached hydrogen (secondary N) is 1. The second kappa shape index (κ2) is 7.78. The van der Waals surface area contributed by atoms with E-state index in [1.807, 2.05) is 4.90 Å². The monoisotopic (exact) mass is 503 g/mol. The molecule has 4 aliphatic rings. The largest absolute Gasteiger partial charge is 0.503 e. The lowest BCUT2D eigenvalue weighted by Gasteiger charge is -2.33. The van der Waals surface area contributed by atoms with Crippen molar-refractivity contribution in [3.05, 3.63) is 61.8 Å². The Morgan fingerprint density at radius 3 is 2.89 bits per heavy atom. The maximum Gasteiger partial charge on any atom is 0.303 e. The van der Waals surface area contributed by atoms with Crippen molar-refractivity contribution >= 4 is 23.5 Å².